The highest BCUT2D eigenvalue weighted by molar-refractivity contribution is 6.32. The zero-order chi connectivity index (χ0) is 13.8. The third-order valence-electron chi connectivity index (χ3n) is 3.48. The number of hydrogen-bond acceptors (Lipinski definition) is 3. The van der Waals surface area contributed by atoms with Gasteiger partial charge in [-0.15, -0.1) is 0 Å². The average Bonchev–Trinajstić information content (AvgIpc) is 2.39. The lowest BCUT2D eigenvalue weighted by Gasteiger charge is -2.30. The normalized spacial score (nSPS) is 20.2. The molecule has 1 fully saturated rings. The summed E-state index contributed by atoms with van der Waals surface area (Å²) in [5.41, 5.74) is 1.08. The number of ether oxygens (including phenoxy) is 1. The molecule has 0 aliphatic carbocycles. The van der Waals surface area contributed by atoms with E-state index in [1.54, 1.807) is 7.11 Å². The van der Waals surface area contributed by atoms with Gasteiger partial charge in [-0.25, -0.2) is 0 Å². The van der Waals surface area contributed by atoms with Gasteiger partial charge in [-0.05, 0) is 37.1 Å². The molecule has 0 unspecified atom stereocenters. The van der Waals surface area contributed by atoms with E-state index in [9.17, 15) is 4.79 Å². The van der Waals surface area contributed by atoms with E-state index in [1.807, 2.05) is 18.2 Å². The van der Waals surface area contributed by atoms with Crippen molar-refractivity contribution in [3.63, 3.8) is 0 Å². The molecule has 1 heterocycles. The Morgan fingerprint density at radius 1 is 1.58 bits per heavy atom. The van der Waals surface area contributed by atoms with Crippen molar-refractivity contribution >= 4 is 17.6 Å². The molecule has 5 heteroatoms. The summed E-state index contributed by atoms with van der Waals surface area (Å²) in [6.07, 6.45) is 1.70. The fourth-order valence-corrected chi connectivity index (χ4v) is 2.75. The Bertz CT molecular complexity index is 464. The van der Waals surface area contributed by atoms with E-state index in [0.29, 0.717) is 17.3 Å². The molecule has 0 bridgehead atoms. The minimum atomic E-state index is -0.697. The van der Waals surface area contributed by atoms with Gasteiger partial charge in [0, 0.05) is 13.1 Å². The summed E-state index contributed by atoms with van der Waals surface area (Å²) in [7, 11) is 1.59. The number of rotatable bonds is 4. The molecule has 4 nitrogen and oxygen atoms in total. The SMILES string of the molecule is COc1ccc(CN2CCC[C@H](C(=O)O)C2)cc1Cl. The first kappa shape index (κ1) is 14.2. The lowest BCUT2D eigenvalue weighted by molar-refractivity contribution is -0.143. The average molecular weight is 284 g/mol. The Morgan fingerprint density at radius 2 is 2.37 bits per heavy atom. The summed E-state index contributed by atoms with van der Waals surface area (Å²) < 4.78 is 5.12. The predicted octanol–water partition coefficient (Wildman–Crippen LogP) is 2.65. The first-order valence-electron chi connectivity index (χ1n) is 6.37. The Hall–Kier alpha value is -1.26. The first-order chi connectivity index (χ1) is 9.10. The molecule has 0 amide bonds. The van der Waals surface area contributed by atoms with Crippen molar-refractivity contribution in [2.75, 3.05) is 20.2 Å². The minimum absolute atomic E-state index is 0.248. The van der Waals surface area contributed by atoms with Crippen molar-refractivity contribution in [1.29, 1.82) is 0 Å². The number of halogens is 1. The van der Waals surface area contributed by atoms with E-state index in [0.717, 1.165) is 31.5 Å². The second-order valence-electron chi connectivity index (χ2n) is 4.88. The molecule has 0 saturated carbocycles. The van der Waals surface area contributed by atoms with Crippen molar-refractivity contribution in [3.8, 4) is 5.75 Å². The van der Waals surface area contributed by atoms with Crippen molar-refractivity contribution in [2.24, 2.45) is 5.92 Å². The lowest BCUT2D eigenvalue weighted by Crippen LogP contribution is -2.38. The number of carbonyl (C=O) groups is 1. The standard InChI is InChI=1S/C14H18ClNO3/c1-19-13-5-4-10(7-12(13)15)8-16-6-2-3-11(9-16)14(17)18/h4-5,7,11H,2-3,6,8-9H2,1H3,(H,17,18)/t11-/m0/s1. The van der Waals surface area contributed by atoms with Gasteiger partial charge in [0.15, 0.2) is 0 Å². The van der Waals surface area contributed by atoms with Crippen LogP contribution in [-0.4, -0.2) is 36.2 Å². The molecule has 19 heavy (non-hydrogen) atoms. The highest BCUT2D eigenvalue weighted by Gasteiger charge is 2.25. The number of piperidine rings is 1. The number of nitrogens with zero attached hydrogens (tertiary/aromatic N) is 1. The molecule has 0 spiro atoms. The molecule has 1 aliphatic heterocycles. The molecule has 1 aromatic carbocycles. The van der Waals surface area contributed by atoms with Gasteiger partial charge in [-0.2, -0.15) is 0 Å². The van der Waals surface area contributed by atoms with Crippen molar-refractivity contribution in [2.45, 2.75) is 19.4 Å². The maximum Gasteiger partial charge on any atom is 0.307 e. The maximum absolute atomic E-state index is 11.0. The summed E-state index contributed by atoms with van der Waals surface area (Å²) in [6.45, 7) is 2.28. The fraction of sp³-hybridized carbons (Fsp3) is 0.500. The van der Waals surface area contributed by atoms with E-state index in [4.69, 9.17) is 21.4 Å². The van der Waals surface area contributed by atoms with Crippen LogP contribution in [0.1, 0.15) is 18.4 Å². The molecule has 104 valence electrons. The summed E-state index contributed by atoms with van der Waals surface area (Å²) in [4.78, 5) is 13.2. The van der Waals surface area contributed by atoms with Crippen LogP contribution in [0.25, 0.3) is 0 Å². The second-order valence-corrected chi connectivity index (χ2v) is 5.29. The van der Waals surface area contributed by atoms with Gasteiger partial charge in [0.25, 0.3) is 0 Å². The topological polar surface area (TPSA) is 49.8 Å². The van der Waals surface area contributed by atoms with Gasteiger partial charge < -0.3 is 9.84 Å². The predicted molar refractivity (Wildman–Crippen MR) is 73.6 cm³/mol. The highest BCUT2D eigenvalue weighted by Crippen LogP contribution is 2.26. The van der Waals surface area contributed by atoms with Crippen molar-refractivity contribution < 1.29 is 14.6 Å². The maximum atomic E-state index is 11.0. The molecular weight excluding hydrogens is 266 g/mol. The molecule has 0 aromatic heterocycles. The van der Waals surface area contributed by atoms with Crippen LogP contribution in [0.5, 0.6) is 5.75 Å². The number of likely N-dealkylation sites (tertiary alicyclic amines) is 1. The van der Waals surface area contributed by atoms with E-state index < -0.39 is 5.97 Å². The lowest BCUT2D eigenvalue weighted by atomic mass is 9.98. The van der Waals surface area contributed by atoms with Crippen molar-refractivity contribution in [3.05, 3.63) is 28.8 Å². The largest absolute Gasteiger partial charge is 0.495 e. The third-order valence-corrected chi connectivity index (χ3v) is 3.77. The molecule has 1 N–H and O–H groups in total. The van der Waals surface area contributed by atoms with Gasteiger partial charge in [0.05, 0.1) is 18.1 Å². The zero-order valence-electron chi connectivity index (χ0n) is 10.9. The number of carboxylic acid groups (broad SMARTS) is 1. The third kappa shape index (κ3) is 3.61. The summed E-state index contributed by atoms with van der Waals surface area (Å²) >= 11 is 6.09. The van der Waals surface area contributed by atoms with Crippen LogP contribution < -0.4 is 4.74 Å². The molecule has 1 aromatic rings. The Kier molecular flexibility index (Phi) is 4.66. The van der Waals surface area contributed by atoms with Crippen molar-refractivity contribution in [1.82, 2.24) is 4.90 Å². The molecular formula is C14H18ClNO3. The molecule has 2 rings (SSSR count). The molecule has 1 saturated heterocycles. The number of methoxy groups -OCH3 is 1. The highest BCUT2D eigenvalue weighted by atomic mass is 35.5. The van der Waals surface area contributed by atoms with Gasteiger partial charge in [0.2, 0.25) is 0 Å². The van der Waals surface area contributed by atoms with Crippen LogP contribution in [0, 0.1) is 5.92 Å². The summed E-state index contributed by atoms with van der Waals surface area (Å²) in [5, 5.41) is 9.66. The molecule has 0 radical (unpaired) electrons. The number of carboxylic acids is 1. The smallest absolute Gasteiger partial charge is 0.307 e. The van der Waals surface area contributed by atoms with Crippen LogP contribution in [0.3, 0.4) is 0 Å². The quantitative estimate of drug-likeness (QED) is 0.923. The second kappa shape index (κ2) is 6.26. The van der Waals surface area contributed by atoms with Crippen LogP contribution >= 0.6 is 11.6 Å². The zero-order valence-corrected chi connectivity index (χ0v) is 11.7. The van der Waals surface area contributed by atoms with Gasteiger partial charge in [-0.3, -0.25) is 9.69 Å². The van der Waals surface area contributed by atoms with Gasteiger partial charge in [-0.1, -0.05) is 17.7 Å². The van der Waals surface area contributed by atoms with Gasteiger partial charge >= 0.3 is 5.97 Å². The van der Waals surface area contributed by atoms with Crippen LogP contribution in [0.2, 0.25) is 5.02 Å². The molecule has 1 aliphatic rings. The Labute approximate surface area is 117 Å². The van der Waals surface area contributed by atoms with Crippen LogP contribution in [0.4, 0.5) is 0 Å². The number of benzene rings is 1. The number of aliphatic carboxylic acids is 1. The Morgan fingerprint density at radius 3 is 3.00 bits per heavy atom. The molecule has 1 atom stereocenters. The minimum Gasteiger partial charge on any atom is -0.495 e. The van der Waals surface area contributed by atoms with E-state index >= 15 is 0 Å². The van der Waals surface area contributed by atoms with Crippen LogP contribution in [0.15, 0.2) is 18.2 Å². The summed E-state index contributed by atoms with van der Waals surface area (Å²) in [6, 6.07) is 5.69. The van der Waals surface area contributed by atoms with E-state index in [-0.39, 0.29) is 5.92 Å². The van der Waals surface area contributed by atoms with E-state index in [2.05, 4.69) is 4.90 Å². The number of hydrogen-bond donors (Lipinski definition) is 1. The monoisotopic (exact) mass is 283 g/mol. The first-order valence-corrected chi connectivity index (χ1v) is 6.75. The summed E-state index contributed by atoms with van der Waals surface area (Å²) in [5.74, 6) is -0.285. The fourth-order valence-electron chi connectivity index (χ4n) is 2.47. The Balaban J connectivity index is 2.00. The van der Waals surface area contributed by atoms with Gasteiger partial charge in [0.1, 0.15) is 5.75 Å². The van der Waals surface area contributed by atoms with Crippen LogP contribution in [-0.2, 0) is 11.3 Å². The van der Waals surface area contributed by atoms with E-state index in [1.165, 1.54) is 0 Å².